The van der Waals surface area contributed by atoms with Gasteiger partial charge in [-0.1, -0.05) is 23.2 Å². The molecule has 2 rings (SSSR count). The number of nitriles is 1. The third-order valence-corrected chi connectivity index (χ3v) is 3.53. The normalized spacial score (nSPS) is 10.6. The number of carbonyl (C=O) groups excluding carboxylic acids is 2. The number of hydrazone groups is 1. The van der Waals surface area contributed by atoms with E-state index in [2.05, 4.69) is 25.5 Å². The monoisotopic (exact) mass is 438 g/mol. The summed E-state index contributed by atoms with van der Waals surface area (Å²) in [7, 11) is 0. The van der Waals surface area contributed by atoms with Gasteiger partial charge in [0.15, 0.2) is 5.75 Å². The number of ether oxygens (including phenoxy) is 2. The fraction of sp³-hybridized carbons (Fsp3) is 0.125. The second kappa shape index (κ2) is 10.1. The molecule has 1 aromatic heterocycles. The minimum absolute atomic E-state index is 0.0505. The summed E-state index contributed by atoms with van der Waals surface area (Å²) >= 11 is 12.3. The van der Waals surface area contributed by atoms with Gasteiger partial charge in [0.1, 0.15) is 6.07 Å². The number of aromatic nitrogens is 2. The minimum Gasteiger partial charge on any atom is -0.450 e. The standard InChI is InChI=1S/C16H12Cl2N6O5/c1-2-28-16(27)20-15(26)11(7-19)22-21-8-5-9(17)14(10(18)6-8)29-13-4-3-12(25)23-24-13/h3-6,21H,2H2,1H3,(H,23,25)(H,20,26,27)/b22-11-. The summed E-state index contributed by atoms with van der Waals surface area (Å²) in [5, 5.41) is 20.4. The lowest BCUT2D eigenvalue weighted by molar-refractivity contribution is -0.114. The van der Waals surface area contributed by atoms with Gasteiger partial charge in [-0.15, -0.1) is 5.10 Å². The Kier molecular flexibility index (Phi) is 7.53. The van der Waals surface area contributed by atoms with Crippen molar-refractivity contribution in [2.45, 2.75) is 6.92 Å². The first-order chi connectivity index (χ1) is 13.8. The molecular formula is C16H12Cl2N6O5. The molecule has 0 spiro atoms. The largest absolute Gasteiger partial charge is 0.450 e. The average Bonchev–Trinajstić information content (AvgIpc) is 2.66. The van der Waals surface area contributed by atoms with E-state index in [-0.39, 0.29) is 34.0 Å². The summed E-state index contributed by atoms with van der Waals surface area (Å²) in [6.45, 7) is 1.61. The van der Waals surface area contributed by atoms with Gasteiger partial charge >= 0.3 is 6.09 Å². The van der Waals surface area contributed by atoms with Crippen LogP contribution in [0.4, 0.5) is 10.5 Å². The third kappa shape index (κ3) is 6.20. The summed E-state index contributed by atoms with van der Waals surface area (Å²) < 4.78 is 9.97. The number of benzene rings is 1. The molecule has 11 nitrogen and oxygen atoms in total. The fourth-order valence-electron chi connectivity index (χ4n) is 1.78. The van der Waals surface area contributed by atoms with E-state index in [0.717, 1.165) is 0 Å². The summed E-state index contributed by atoms with van der Waals surface area (Å²) in [6.07, 6.45) is -1.01. The zero-order valence-electron chi connectivity index (χ0n) is 14.7. The lowest BCUT2D eigenvalue weighted by Gasteiger charge is -2.10. The molecule has 0 aliphatic heterocycles. The van der Waals surface area contributed by atoms with Gasteiger partial charge in [-0.25, -0.2) is 9.89 Å². The van der Waals surface area contributed by atoms with Crippen LogP contribution in [0.15, 0.2) is 34.2 Å². The Morgan fingerprint density at radius 1 is 1.31 bits per heavy atom. The minimum atomic E-state index is -1.06. The van der Waals surface area contributed by atoms with Crippen molar-refractivity contribution in [1.82, 2.24) is 15.5 Å². The van der Waals surface area contributed by atoms with Crippen LogP contribution in [0.1, 0.15) is 6.92 Å². The van der Waals surface area contributed by atoms with Gasteiger partial charge in [-0.2, -0.15) is 10.4 Å². The number of imide groups is 1. The number of hydrogen-bond acceptors (Lipinski definition) is 9. The van der Waals surface area contributed by atoms with Crippen LogP contribution in [0.5, 0.6) is 11.6 Å². The Labute approximate surface area is 173 Å². The highest BCUT2D eigenvalue weighted by molar-refractivity contribution is 6.47. The van der Waals surface area contributed by atoms with E-state index in [1.165, 1.54) is 30.3 Å². The molecule has 0 aliphatic carbocycles. The van der Waals surface area contributed by atoms with E-state index in [1.807, 2.05) is 5.32 Å². The maximum absolute atomic E-state index is 11.8. The number of aromatic amines is 1. The maximum Gasteiger partial charge on any atom is 0.414 e. The highest BCUT2D eigenvalue weighted by Crippen LogP contribution is 2.38. The molecule has 0 fully saturated rings. The molecule has 2 amide bonds. The molecule has 13 heteroatoms. The predicted molar refractivity (Wildman–Crippen MR) is 103 cm³/mol. The number of alkyl carbamates (subject to hydrolysis) is 1. The Morgan fingerprint density at radius 2 is 2.00 bits per heavy atom. The molecular weight excluding hydrogens is 427 g/mol. The topological polar surface area (TPSA) is 159 Å². The van der Waals surface area contributed by atoms with Gasteiger partial charge in [0.05, 0.1) is 22.3 Å². The van der Waals surface area contributed by atoms with Gasteiger partial charge < -0.3 is 9.47 Å². The lowest BCUT2D eigenvalue weighted by Crippen LogP contribution is -2.36. The predicted octanol–water partition coefficient (Wildman–Crippen LogP) is 2.43. The highest BCUT2D eigenvalue weighted by Gasteiger charge is 2.16. The van der Waals surface area contributed by atoms with Crippen molar-refractivity contribution in [1.29, 1.82) is 5.26 Å². The first kappa shape index (κ1) is 21.7. The smallest absolute Gasteiger partial charge is 0.414 e. The molecule has 150 valence electrons. The van der Waals surface area contributed by atoms with E-state index in [1.54, 1.807) is 6.92 Å². The van der Waals surface area contributed by atoms with Crippen molar-refractivity contribution in [3.63, 3.8) is 0 Å². The third-order valence-electron chi connectivity index (χ3n) is 2.97. The van der Waals surface area contributed by atoms with Crippen LogP contribution in [0.25, 0.3) is 0 Å². The molecule has 0 aliphatic rings. The molecule has 2 aromatic rings. The molecule has 0 saturated heterocycles. The lowest BCUT2D eigenvalue weighted by atomic mass is 10.3. The molecule has 0 unspecified atom stereocenters. The SMILES string of the molecule is CCOC(=O)NC(=O)/C(C#N)=N\Nc1cc(Cl)c(Oc2ccc(=O)[nH]n2)c(Cl)c1. The number of H-pyrrole nitrogens is 1. The van der Waals surface area contributed by atoms with E-state index >= 15 is 0 Å². The fourth-order valence-corrected chi connectivity index (χ4v) is 2.35. The first-order valence-corrected chi connectivity index (χ1v) is 8.54. The number of rotatable bonds is 6. The van der Waals surface area contributed by atoms with Gasteiger partial charge in [0, 0.05) is 12.1 Å². The highest BCUT2D eigenvalue weighted by atomic mass is 35.5. The molecule has 29 heavy (non-hydrogen) atoms. The van der Waals surface area contributed by atoms with E-state index < -0.39 is 23.3 Å². The van der Waals surface area contributed by atoms with Crippen molar-refractivity contribution >= 4 is 46.6 Å². The quantitative estimate of drug-likeness (QED) is 0.457. The zero-order chi connectivity index (χ0) is 21.4. The second-order valence-electron chi connectivity index (χ2n) is 4.99. The van der Waals surface area contributed by atoms with Crippen LogP contribution < -0.4 is 21.0 Å². The summed E-state index contributed by atoms with van der Waals surface area (Å²) in [5.74, 6) is -0.947. The van der Waals surface area contributed by atoms with Crippen molar-refractivity contribution in [2.24, 2.45) is 5.10 Å². The molecule has 0 bridgehead atoms. The van der Waals surface area contributed by atoms with Crippen molar-refractivity contribution in [3.05, 3.63) is 44.7 Å². The molecule has 3 N–H and O–H groups in total. The summed E-state index contributed by atoms with van der Waals surface area (Å²) in [5.41, 5.74) is 1.60. The zero-order valence-corrected chi connectivity index (χ0v) is 16.2. The number of carbonyl (C=O) groups is 2. The van der Waals surface area contributed by atoms with Crippen molar-refractivity contribution in [2.75, 3.05) is 12.0 Å². The van der Waals surface area contributed by atoms with Crippen LogP contribution in [0.2, 0.25) is 10.0 Å². The number of nitrogens with zero attached hydrogens (tertiary/aromatic N) is 3. The number of halogens is 2. The van der Waals surface area contributed by atoms with Crippen LogP contribution in [0.3, 0.4) is 0 Å². The second-order valence-corrected chi connectivity index (χ2v) is 5.80. The van der Waals surface area contributed by atoms with Crippen LogP contribution in [-0.4, -0.2) is 34.5 Å². The number of anilines is 1. The van der Waals surface area contributed by atoms with Crippen molar-refractivity contribution < 1.29 is 19.1 Å². The van der Waals surface area contributed by atoms with Crippen LogP contribution in [0, 0.1) is 11.3 Å². The van der Waals surface area contributed by atoms with Gasteiger partial charge in [0.2, 0.25) is 11.6 Å². The van der Waals surface area contributed by atoms with E-state index in [9.17, 15) is 14.4 Å². The van der Waals surface area contributed by atoms with Crippen LogP contribution >= 0.6 is 23.2 Å². The summed E-state index contributed by atoms with van der Waals surface area (Å²) in [6, 6.07) is 6.78. The van der Waals surface area contributed by atoms with Gasteiger partial charge in [0.25, 0.3) is 11.5 Å². The van der Waals surface area contributed by atoms with E-state index in [0.29, 0.717) is 0 Å². The van der Waals surface area contributed by atoms with E-state index in [4.69, 9.17) is 33.2 Å². The molecule has 1 aromatic carbocycles. The van der Waals surface area contributed by atoms with Crippen molar-refractivity contribution in [3.8, 4) is 17.7 Å². The number of hydrogen-bond donors (Lipinski definition) is 3. The summed E-state index contributed by atoms with van der Waals surface area (Å²) in [4.78, 5) is 34.0. The number of nitrogens with one attached hydrogen (secondary N) is 3. The Bertz CT molecular complexity index is 1020. The average molecular weight is 439 g/mol. The molecule has 1 heterocycles. The van der Waals surface area contributed by atoms with Gasteiger partial charge in [-0.05, 0) is 19.1 Å². The Morgan fingerprint density at radius 3 is 2.55 bits per heavy atom. The molecule has 0 radical (unpaired) electrons. The van der Waals surface area contributed by atoms with Crippen LogP contribution in [-0.2, 0) is 9.53 Å². The van der Waals surface area contributed by atoms with Gasteiger partial charge in [-0.3, -0.25) is 20.3 Å². The number of amides is 2. The Balaban J connectivity index is 2.15. The Hall–Kier alpha value is -3.62. The first-order valence-electron chi connectivity index (χ1n) is 7.78. The maximum atomic E-state index is 11.8. The molecule has 0 atom stereocenters. The molecule has 0 saturated carbocycles.